The van der Waals surface area contributed by atoms with Crippen molar-refractivity contribution in [1.29, 1.82) is 0 Å². The zero-order valence-electron chi connectivity index (χ0n) is 10.2. The van der Waals surface area contributed by atoms with Gasteiger partial charge in [0.15, 0.2) is 0 Å². The first-order valence-corrected chi connectivity index (χ1v) is 5.41. The largest absolute Gasteiger partial charge is 0.439 e. The smallest absolute Gasteiger partial charge is 0.227 e. The molecule has 0 radical (unpaired) electrons. The standard InChI is InChI=1S/C13H15N3O/c1-8-5-4-6-11(7-8)17-13-9(2)12(14)15-10(3)16-13/h4-7H,1-3H3,(H2,14,15,16). The second-order valence-electron chi connectivity index (χ2n) is 4.00. The minimum absolute atomic E-state index is 0.458. The second-order valence-corrected chi connectivity index (χ2v) is 4.00. The first kappa shape index (κ1) is 11.4. The van der Waals surface area contributed by atoms with E-state index >= 15 is 0 Å². The number of aryl methyl sites for hydroxylation is 2. The van der Waals surface area contributed by atoms with E-state index in [9.17, 15) is 0 Å². The third-order valence-corrected chi connectivity index (χ3v) is 2.45. The van der Waals surface area contributed by atoms with Gasteiger partial charge >= 0.3 is 0 Å². The summed E-state index contributed by atoms with van der Waals surface area (Å²) in [6.07, 6.45) is 0. The van der Waals surface area contributed by atoms with E-state index in [0.717, 1.165) is 16.9 Å². The Hall–Kier alpha value is -2.10. The molecule has 4 nitrogen and oxygen atoms in total. The summed E-state index contributed by atoms with van der Waals surface area (Å²) in [5.41, 5.74) is 7.67. The highest BCUT2D eigenvalue weighted by Crippen LogP contribution is 2.25. The molecule has 4 heteroatoms. The van der Waals surface area contributed by atoms with Crippen LogP contribution < -0.4 is 10.5 Å². The van der Waals surface area contributed by atoms with Crippen molar-refractivity contribution in [3.8, 4) is 11.6 Å². The molecule has 1 heterocycles. The van der Waals surface area contributed by atoms with E-state index < -0.39 is 0 Å². The van der Waals surface area contributed by atoms with Crippen LogP contribution in [0.25, 0.3) is 0 Å². The molecule has 0 atom stereocenters. The number of aromatic nitrogens is 2. The van der Waals surface area contributed by atoms with Gasteiger partial charge in [0, 0.05) is 0 Å². The Labute approximate surface area is 100 Å². The summed E-state index contributed by atoms with van der Waals surface area (Å²) < 4.78 is 5.72. The highest BCUT2D eigenvalue weighted by molar-refractivity contribution is 5.46. The van der Waals surface area contributed by atoms with E-state index in [2.05, 4.69) is 9.97 Å². The van der Waals surface area contributed by atoms with Gasteiger partial charge in [-0.3, -0.25) is 0 Å². The molecule has 1 aromatic carbocycles. The maximum Gasteiger partial charge on any atom is 0.227 e. The Kier molecular flexibility index (Phi) is 2.95. The van der Waals surface area contributed by atoms with Crippen LogP contribution >= 0.6 is 0 Å². The number of ether oxygens (including phenoxy) is 1. The Balaban J connectivity index is 2.36. The van der Waals surface area contributed by atoms with Gasteiger partial charge in [-0.15, -0.1) is 0 Å². The molecule has 0 fully saturated rings. The summed E-state index contributed by atoms with van der Waals surface area (Å²) in [6, 6.07) is 7.80. The van der Waals surface area contributed by atoms with E-state index in [-0.39, 0.29) is 0 Å². The Morgan fingerprint density at radius 2 is 1.88 bits per heavy atom. The molecule has 0 amide bonds. The first-order valence-electron chi connectivity index (χ1n) is 5.41. The molecule has 88 valence electrons. The van der Waals surface area contributed by atoms with E-state index in [1.54, 1.807) is 6.92 Å². The number of hydrogen-bond acceptors (Lipinski definition) is 4. The fourth-order valence-electron chi connectivity index (χ4n) is 1.51. The molecule has 0 aliphatic rings. The maximum absolute atomic E-state index is 5.77. The van der Waals surface area contributed by atoms with Crippen LogP contribution in [0.5, 0.6) is 11.6 Å². The number of nitrogens with two attached hydrogens (primary N) is 1. The van der Waals surface area contributed by atoms with Crippen LogP contribution in [0.3, 0.4) is 0 Å². The van der Waals surface area contributed by atoms with E-state index in [1.807, 2.05) is 38.1 Å². The number of anilines is 1. The molecule has 2 N–H and O–H groups in total. The van der Waals surface area contributed by atoms with Gasteiger partial charge in [0.05, 0.1) is 5.56 Å². The van der Waals surface area contributed by atoms with Gasteiger partial charge in [-0.05, 0) is 38.5 Å². The third-order valence-electron chi connectivity index (χ3n) is 2.45. The number of nitrogen functional groups attached to an aromatic ring is 1. The lowest BCUT2D eigenvalue weighted by Gasteiger charge is -2.10. The number of hydrogen-bond donors (Lipinski definition) is 1. The summed E-state index contributed by atoms with van der Waals surface area (Å²) in [7, 11) is 0. The molecule has 0 bridgehead atoms. The monoisotopic (exact) mass is 229 g/mol. The zero-order valence-corrected chi connectivity index (χ0v) is 10.2. The minimum atomic E-state index is 0.458. The predicted molar refractivity (Wildman–Crippen MR) is 67.2 cm³/mol. The SMILES string of the molecule is Cc1cccc(Oc2nc(C)nc(N)c2C)c1. The van der Waals surface area contributed by atoms with Gasteiger partial charge < -0.3 is 10.5 Å². The van der Waals surface area contributed by atoms with Crippen molar-refractivity contribution < 1.29 is 4.74 Å². The fraction of sp³-hybridized carbons (Fsp3) is 0.231. The van der Waals surface area contributed by atoms with Gasteiger partial charge in [-0.25, -0.2) is 4.98 Å². The molecular formula is C13H15N3O. The van der Waals surface area contributed by atoms with Crippen molar-refractivity contribution in [3.05, 3.63) is 41.2 Å². The van der Waals surface area contributed by atoms with Gasteiger partial charge in [-0.2, -0.15) is 4.98 Å². The lowest BCUT2D eigenvalue weighted by Crippen LogP contribution is -2.02. The van der Waals surface area contributed by atoms with E-state index in [0.29, 0.717) is 17.5 Å². The molecule has 0 aliphatic carbocycles. The molecule has 0 spiro atoms. The summed E-state index contributed by atoms with van der Waals surface area (Å²) in [4.78, 5) is 8.32. The first-order chi connectivity index (χ1) is 8.06. The van der Waals surface area contributed by atoms with Crippen LogP contribution in [0.2, 0.25) is 0 Å². The van der Waals surface area contributed by atoms with Gasteiger partial charge in [-0.1, -0.05) is 12.1 Å². The summed E-state index contributed by atoms with van der Waals surface area (Å²) in [6.45, 7) is 5.65. The van der Waals surface area contributed by atoms with Crippen molar-refractivity contribution in [3.63, 3.8) is 0 Å². The highest BCUT2D eigenvalue weighted by atomic mass is 16.5. The molecule has 0 unspecified atom stereocenters. The molecule has 17 heavy (non-hydrogen) atoms. The predicted octanol–water partition coefficient (Wildman–Crippen LogP) is 2.78. The quantitative estimate of drug-likeness (QED) is 0.860. The lowest BCUT2D eigenvalue weighted by atomic mass is 10.2. The molecule has 0 saturated carbocycles. The van der Waals surface area contributed by atoms with Crippen molar-refractivity contribution in [2.24, 2.45) is 0 Å². The topological polar surface area (TPSA) is 61.0 Å². The number of benzene rings is 1. The second kappa shape index (κ2) is 4.41. The van der Waals surface area contributed by atoms with Crippen LogP contribution in [0.4, 0.5) is 5.82 Å². The Morgan fingerprint density at radius 1 is 1.12 bits per heavy atom. The van der Waals surface area contributed by atoms with Gasteiger partial charge in [0.25, 0.3) is 0 Å². The summed E-state index contributed by atoms with van der Waals surface area (Å²) in [5.74, 6) is 2.34. The van der Waals surface area contributed by atoms with Crippen LogP contribution in [-0.2, 0) is 0 Å². The Morgan fingerprint density at radius 3 is 2.59 bits per heavy atom. The highest BCUT2D eigenvalue weighted by Gasteiger charge is 2.08. The van der Waals surface area contributed by atoms with Crippen molar-refractivity contribution >= 4 is 5.82 Å². The van der Waals surface area contributed by atoms with Crippen LogP contribution in [-0.4, -0.2) is 9.97 Å². The van der Waals surface area contributed by atoms with Crippen molar-refractivity contribution in [1.82, 2.24) is 9.97 Å². The van der Waals surface area contributed by atoms with Crippen molar-refractivity contribution in [2.45, 2.75) is 20.8 Å². The third kappa shape index (κ3) is 2.53. The molecule has 0 aliphatic heterocycles. The number of nitrogens with zero attached hydrogens (tertiary/aromatic N) is 2. The number of rotatable bonds is 2. The van der Waals surface area contributed by atoms with Crippen molar-refractivity contribution in [2.75, 3.05) is 5.73 Å². The van der Waals surface area contributed by atoms with Crippen LogP contribution in [0.1, 0.15) is 17.0 Å². The average Bonchev–Trinajstić information content (AvgIpc) is 2.25. The molecular weight excluding hydrogens is 214 g/mol. The molecule has 2 rings (SSSR count). The van der Waals surface area contributed by atoms with Crippen LogP contribution in [0.15, 0.2) is 24.3 Å². The summed E-state index contributed by atoms with van der Waals surface area (Å²) in [5, 5.41) is 0. The van der Waals surface area contributed by atoms with E-state index in [1.165, 1.54) is 0 Å². The Bertz CT molecular complexity index is 552. The average molecular weight is 229 g/mol. The normalized spacial score (nSPS) is 10.3. The summed E-state index contributed by atoms with van der Waals surface area (Å²) >= 11 is 0. The van der Waals surface area contributed by atoms with Crippen LogP contribution in [0, 0.1) is 20.8 Å². The van der Waals surface area contributed by atoms with Gasteiger partial charge in [0.1, 0.15) is 17.4 Å². The van der Waals surface area contributed by atoms with Gasteiger partial charge in [0.2, 0.25) is 5.88 Å². The minimum Gasteiger partial charge on any atom is -0.439 e. The maximum atomic E-state index is 5.77. The molecule has 2 aromatic rings. The lowest BCUT2D eigenvalue weighted by molar-refractivity contribution is 0.456. The fourth-order valence-corrected chi connectivity index (χ4v) is 1.51. The van der Waals surface area contributed by atoms with E-state index in [4.69, 9.17) is 10.5 Å². The zero-order chi connectivity index (χ0) is 12.4. The molecule has 0 saturated heterocycles. The molecule has 1 aromatic heterocycles.